The van der Waals surface area contributed by atoms with Gasteiger partial charge in [0, 0.05) is 35.9 Å². The molecule has 5 heteroatoms. The highest BCUT2D eigenvalue weighted by Crippen LogP contribution is 2.35. The second kappa shape index (κ2) is 7.36. The SMILES string of the molecule is COCc1ccccc1NC(=O)N[C@@H](C)[C@@H]1COc2ccccc21. The van der Waals surface area contributed by atoms with E-state index in [-0.39, 0.29) is 18.0 Å². The Kier molecular flexibility index (Phi) is 5.01. The molecule has 0 saturated heterocycles. The van der Waals surface area contributed by atoms with Crippen LogP contribution in [0.15, 0.2) is 48.5 Å². The highest BCUT2D eigenvalue weighted by Gasteiger charge is 2.29. The Hall–Kier alpha value is -2.53. The third-order valence-corrected chi connectivity index (χ3v) is 4.26. The van der Waals surface area contributed by atoms with Crippen molar-refractivity contribution in [1.82, 2.24) is 5.32 Å². The van der Waals surface area contributed by atoms with Gasteiger partial charge in [0.1, 0.15) is 5.75 Å². The molecule has 0 aliphatic carbocycles. The van der Waals surface area contributed by atoms with Gasteiger partial charge in [-0.25, -0.2) is 4.79 Å². The summed E-state index contributed by atoms with van der Waals surface area (Å²) in [5.41, 5.74) is 2.84. The van der Waals surface area contributed by atoms with Gasteiger partial charge < -0.3 is 20.1 Å². The molecule has 0 aromatic heterocycles. The molecule has 126 valence electrons. The average molecular weight is 326 g/mol. The monoisotopic (exact) mass is 326 g/mol. The summed E-state index contributed by atoms with van der Waals surface area (Å²) in [6.07, 6.45) is 0. The zero-order valence-electron chi connectivity index (χ0n) is 13.9. The zero-order valence-corrected chi connectivity index (χ0v) is 13.9. The van der Waals surface area contributed by atoms with E-state index in [9.17, 15) is 4.79 Å². The van der Waals surface area contributed by atoms with Crippen molar-refractivity contribution in [2.45, 2.75) is 25.5 Å². The molecule has 5 nitrogen and oxygen atoms in total. The number of hydrogen-bond donors (Lipinski definition) is 2. The van der Waals surface area contributed by atoms with Crippen LogP contribution in [0.1, 0.15) is 24.0 Å². The lowest BCUT2D eigenvalue weighted by atomic mass is 9.94. The van der Waals surface area contributed by atoms with E-state index < -0.39 is 0 Å². The molecule has 0 radical (unpaired) electrons. The first-order chi connectivity index (χ1) is 11.7. The first kappa shape index (κ1) is 16.3. The minimum atomic E-state index is -0.226. The fraction of sp³-hybridized carbons (Fsp3) is 0.316. The van der Waals surface area contributed by atoms with E-state index >= 15 is 0 Å². The van der Waals surface area contributed by atoms with Crippen LogP contribution in [0.5, 0.6) is 5.75 Å². The van der Waals surface area contributed by atoms with Crippen LogP contribution in [0.2, 0.25) is 0 Å². The summed E-state index contributed by atoms with van der Waals surface area (Å²) in [7, 11) is 1.64. The van der Waals surface area contributed by atoms with Gasteiger partial charge in [-0.05, 0) is 19.1 Å². The van der Waals surface area contributed by atoms with Crippen LogP contribution in [0.4, 0.5) is 10.5 Å². The maximum Gasteiger partial charge on any atom is 0.319 e. The second-order valence-electron chi connectivity index (χ2n) is 5.93. The molecule has 2 atom stereocenters. The van der Waals surface area contributed by atoms with Gasteiger partial charge in [-0.1, -0.05) is 36.4 Å². The Balaban J connectivity index is 1.63. The molecule has 2 aromatic rings. The topological polar surface area (TPSA) is 59.6 Å². The maximum atomic E-state index is 12.3. The van der Waals surface area contributed by atoms with Crippen molar-refractivity contribution in [3.05, 3.63) is 59.7 Å². The van der Waals surface area contributed by atoms with Gasteiger partial charge in [-0.2, -0.15) is 0 Å². The Morgan fingerprint density at radius 2 is 2.00 bits per heavy atom. The highest BCUT2D eigenvalue weighted by molar-refractivity contribution is 5.90. The number of para-hydroxylation sites is 2. The zero-order chi connectivity index (χ0) is 16.9. The molecular weight excluding hydrogens is 304 g/mol. The van der Waals surface area contributed by atoms with Gasteiger partial charge in [-0.3, -0.25) is 0 Å². The first-order valence-corrected chi connectivity index (χ1v) is 8.05. The van der Waals surface area contributed by atoms with E-state index in [1.165, 1.54) is 0 Å². The van der Waals surface area contributed by atoms with E-state index in [4.69, 9.17) is 9.47 Å². The number of fused-ring (bicyclic) bond motifs is 1. The maximum absolute atomic E-state index is 12.3. The molecule has 0 unspecified atom stereocenters. The fourth-order valence-corrected chi connectivity index (χ4v) is 2.99. The molecule has 3 rings (SSSR count). The largest absolute Gasteiger partial charge is 0.493 e. The molecule has 2 N–H and O–H groups in total. The van der Waals surface area contributed by atoms with Gasteiger partial charge in [0.15, 0.2) is 0 Å². The molecule has 0 saturated carbocycles. The van der Waals surface area contributed by atoms with Crippen LogP contribution in [0, 0.1) is 0 Å². The van der Waals surface area contributed by atoms with E-state index in [1.807, 2.05) is 49.4 Å². The molecule has 24 heavy (non-hydrogen) atoms. The molecule has 1 aliphatic heterocycles. The second-order valence-corrected chi connectivity index (χ2v) is 5.93. The first-order valence-electron chi connectivity index (χ1n) is 8.05. The summed E-state index contributed by atoms with van der Waals surface area (Å²) >= 11 is 0. The van der Waals surface area contributed by atoms with Gasteiger partial charge in [0.05, 0.1) is 13.2 Å². The van der Waals surface area contributed by atoms with Crippen LogP contribution in [0.3, 0.4) is 0 Å². The summed E-state index contributed by atoms with van der Waals surface area (Å²) in [5, 5.41) is 5.91. The molecular formula is C19H22N2O3. The lowest BCUT2D eigenvalue weighted by Gasteiger charge is -2.20. The van der Waals surface area contributed by atoms with Crippen LogP contribution in [-0.4, -0.2) is 25.8 Å². The Morgan fingerprint density at radius 3 is 2.83 bits per heavy atom. The number of carbonyl (C=O) groups is 1. The van der Waals surface area contributed by atoms with Gasteiger partial charge >= 0.3 is 6.03 Å². The lowest BCUT2D eigenvalue weighted by Crippen LogP contribution is -2.40. The number of hydrogen-bond acceptors (Lipinski definition) is 3. The normalized spacial score (nSPS) is 16.8. The summed E-state index contributed by atoms with van der Waals surface area (Å²) < 4.78 is 10.9. The molecule has 1 heterocycles. The predicted octanol–water partition coefficient (Wildman–Crippen LogP) is 3.52. The summed E-state index contributed by atoms with van der Waals surface area (Å²) in [4.78, 5) is 12.3. The number of benzene rings is 2. The Labute approximate surface area is 142 Å². The highest BCUT2D eigenvalue weighted by atomic mass is 16.5. The number of carbonyl (C=O) groups excluding carboxylic acids is 1. The molecule has 2 aromatic carbocycles. The van der Waals surface area contributed by atoms with Crippen LogP contribution in [0.25, 0.3) is 0 Å². The minimum absolute atomic E-state index is 0.0387. The molecule has 0 spiro atoms. The fourth-order valence-electron chi connectivity index (χ4n) is 2.99. The van der Waals surface area contributed by atoms with Crippen molar-refractivity contribution >= 4 is 11.7 Å². The standard InChI is InChI=1S/C19H22N2O3/c1-13(16-12-24-18-10-6-4-8-15(16)18)20-19(22)21-17-9-5-3-7-14(17)11-23-2/h3-10,13,16H,11-12H2,1-2H3,(H2,20,21,22)/t13-,16-/m0/s1. The number of urea groups is 1. The van der Waals surface area contributed by atoms with Crippen molar-refractivity contribution in [3.8, 4) is 5.75 Å². The lowest BCUT2D eigenvalue weighted by molar-refractivity contribution is 0.185. The van der Waals surface area contributed by atoms with Crippen molar-refractivity contribution in [2.75, 3.05) is 19.0 Å². The van der Waals surface area contributed by atoms with Gasteiger partial charge in [0.25, 0.3) is 0 Å². The van der Waals surface area contributed by atoms with Crippen LogP contribution >= 0.6 is 0 Å². The minimum Gasteiger partial charge on any atom is -0.493 e. The molecule has 0 bridgehead atoms. The number of ether oxygens (including phenoxy) is 2. The van der Waals surface area contributed by atoms with E-state index in [2.05, 4.69) is 16.7 Å². The average Bonchev–Trinajstić information content (AvgIpc) is 3.01. The van der Waals surface area contributed by atoms with Crippen molar-refractivity contribution in [2.24, 2.45) is 0 Å². The number of anilines is 1. The van der Waals surface area contributed by atoms with E-state index in [1.54, 1.807) is 7.11 Å². The number of nitrogens with one attached hydrogen (secondary N) is 2. The van der Waals surface area contributed by atoms with Crippen LogP contribution in [-0.2, 0) is 11.3 Å². The van der Waals surface area contributed by atoms with Gasteiger partial charge in [-0.15, -0.1) is 0 Å². The molecule has 0 fully saturated rings. The summed E-state index contributed by atoms with van der Waals surface area (Å²) in [5.74, 6) is 1.06. The summed E-state index contributed by atoms with van der Waals surface area (Å²) in [6, 6.07) is 15.3. The number of amides is 2. The number of methoxy groups -OCH3 is 1. The third-order valence-electron chi connectivity index (χ3n) is 4.26. The van der Waals surface area contributed by atoms with Crippen molar-refractivity contribution in [1.29, 1.82) is 0 Å². The number of rotatable bonds is 5. The quantitative estimate of drug-likeness (QED) is 0.884. The van der Waals surface area contributed by atoms with Crippen molar-refractivity contribution < 1.29 is 14.3 Å². The Bertz CT molecular complexity index is 717. The molecule has 2 amide bonds. The van der Waals surface area contributed by atoms with E-state index in [0.717, 1.165) is 22.6 Å². The van der Waals surface area contributed by atoms with E-state index in [0.29, 0.717) is 13.2 Å². The molecule has 1 aliphatic rings. The predicted molar refractivity (Wildman–Crippen MR) is 93.4 cm³/mol. The summed E-state index contributed by atoms with van der Waals surface area (Å²) in [6.45, 7) is 3.04. The smallest absolute Gasteiger partial charge is 0.319 e. The van der Waals surface area contributed by atoms with Gasteiger partial charge in [0.2, 0.25) is 0 Å². The third kappa shape index (κ3) is 3.51. The van der Waals surface area contributed by atoms with Crippen LogP contribution < -0.4 is 15.4 Å². The van der Waals surface area contributed by atoms with Crippen molar-refractivity contribution in [3.63, 3.8) is 0 Å². The Morgan fingerprint density at radius 1 is 1.25 bits per heavy atom.